The third-order valence-corrected chi connectivity index (χ3v) is 3.14. The highest BCUT2D eigenvalue weighted by atomic mass is 16.5. The van der Waals surface area contributed by atoms with Gasteiger partial charge in [-0.05, 0) is 18.9 Å². The molecule has 1 aliphatic heterocycles. The zero-order valence-corrected chi connectivity index (χ0v) is 11.6. The van der Waals surface area contributed by atoms with Crippen molar-refractivity contribution in [2.24, 2.45) is 11.8 Å². The number of hydrogen-bond acceptors (Lipinski definition) is 4. The molecular formula is C13H26N2O3. The molecule has 5 nitrogen and oxygen atoms in total. The van der Waals surface area contributed by atoms with Crippen LogP contribution >= 0.6 is 0 Å². The summed E-state index contributed by atoms with van der Waals surface area (Å²) in [5.41, 5.74) is 0. The van der Waals surface area contributed by atoms with E-state index in [0.717, 1.165) is 6.54 Å². The maximum absolute atomic E-state index is 12.0. The Morgan fingerprint density at radius 1 is 1.44 bits per heavy atom. The highest BCUT2D eigenvalue weighted by Gasteiger charge is 2.33. The molecule has 0 spiro atoms. The van der Waals surface area contributed by atoms with Gasteiger partial charge in [0.2, 0.25) is 5.91 Å². The lowest BCUT2D eigenvalue weighted by atomic mass is 10.0. The van der Waals surface area contributed by atoms with Crippen LogP contribution in [-0.2, 0) is 9.53 Å². The van der Waals surface area contributed by atoms with E-state index in [1.807, 2.05) is 6.92 Å². The molecule has 1 rings (SSSR count). The van der Waals surface area contributed by atoms with Crippen LogP contribution in [0.4, 0.5) is 0 Å². The lowest BCUT2D eigenvalue weighted by molar-refractivity contribution is -0.125. The first-order chi connectivity index (χ1) is 8.54. The molecule has 1 aliphatic rings. The smallest absolute Gasteiger partial charge is 0.227 e. The predicted molar refractivity (Wildman–Crippen MR) is 70.2 cm³/mol. The molecule has 0 aromatic carbocycles. The van der Waals surface area contributed by atoms with Gasteiger partial charge in [-0.3, -0.25) is 4.79 Å². The minimum Gasteiger partial charge on any atom is -0.391 e. The molecule has 106 valence electrons. The maximum atomic E-state index is 12.0. The van der Waals surface area contributed by atoms with Gasteiger partial charge in [-0.25, -0.2) is 0 Å². The van der Waals surface area contributed by atoms with E-state index in [1.54, 1.807) is 0 Å². The van der Waals surface area contributed by atoms with E-state index >= 15 is 0 Å². The van der Waals surface area contributed by atoms with Crippen molar-refractivity contribution in [1.29, 1.82) is 0 Å². The van der Waals surface area contributed by atoms with Gasteiger partial charge in [0.15, 0.2) is 0 Å². The molecule has 0 saturated carbocycles. The lowest BCUT2D eigenvalue weighted by Gasteiger charge is -2.19. The minimum absolute atomic E-state index is 0.0266. The number of likely N-dealkylation sites (N-methyl/N-ethyl adjacent to an activating group) is 1. The molecule has 0 bridgehead atoms. The zero-order chi connectivity index (χ0) is 13.5. The summed E-state index contributed by atoms with van der Waals surface area (Å²) < 4.78 is 5.33. The van der Waals surface area contributed by atoms with Gasteiger partial charge in [0.05, 0.1) is 25.2 Å². The Bertz CT molecular complexity index is 259. The number of amides is 1. The van der Waals surface area contributed by atoms with Crippen LogP contribution in [0, 0.1) is 11.8 Å². The van der Waals surface area contributed by atoms with E-state index in [1.165, 1.54) is 0 Å². The molecule has 3 unspecified atom stereocenters. The van der Waals surface area contributed by atoms with Gasteiger partial charge in [0.1, 0.15) is 0 Å². The SMILES string of the molecule is CCNC1COCC1C(=O)NCC(O)CC(C)C. The van der Waals surface area contributed by atoms with Gasteiger partial charge in [0.25, 0.3) is 0 Å². The van der Waals surface area contributed by atoms with Crippen LogP contribution in [0.15, 0.2) is 0 Å². The summed E-state index contributed by atoms with van der Waals surface area (Å²) in [5.74, 6) is 0.263. The first kappa shape index (κ1) is 15.4. The fourth-order valence-corrected chi connectivity index (χ4v) is 2.25. The molecule has 3 atom stereocenters. The number of ether oxygens (including phenoxy) is 1. The van der Waals surface area contributed by atoms with Crippen LogP contribution < -0.4 is 10.6 Å². The first-order valence-electron chi connectivity index (χ1n) is 6.81. The summed E-state index contributed by atoms with van der Waals surface area (Å²) in [7, 11) is 0. The van der Waals surface area contributed by atoms with Crippen LogP contribution in [0.25, 0.3) is 0 Å². The first-order valence-corrected chi connectivity index (χ1v) is 6.81. The van der Waals surface area contributed by atoms with Gasteiger partial charge in [-0.1, -0.05) is 20.8 Å². The number of rotatable bonds is 7. The number of carbonyl (C=O) groups excluding carboxylic acids is 1. The van der Waals surface area contributed by atoms with Crippen LogP contribution in [0.1, 0.15) is 27.2 Å². The standard InChI is InChI=1S/C13H26N2O3/c1-4-14-12-8-18-7-11(12)13(17)15-6-10(16)5-9(2)3/h9-12,14,16H,4-8H2,1-3H3,(H,15,17). The summed E-state index contributed by atoms with van der Waals surface area (Å²) in [6.07, 6.45) is 0.242. The number of aliphatic hydroxyl groups excluding tert-OH is 1. The van der Waals surface area contributed by atoms with Crippen molar-refractivity contribution in [3.05, 3.63) is 0 Å². The predicted octanol–water partition coefficient (Wildman–Crippen LogP) is 0.134. The molecule has 1 fully saturated rings. The zero-order valence-electron chi connectivity index (χ0n) is 11.6. The van der Waals surface area contributed by atoms with Gasteiger partial charge in [-0.2, -0.15) is 0 Å². The monoisotopic (exact) mass is 258 g/mol. The second-order valence-corrected chi connectivity index (χ2v) is 5.34. The molecule has 1 amide bonds. The fraction of sp³-hybridized carbons (Fsp3) is 0.923. The summed E-state index contributed by atoms with van der Waals surface area (Å²) >= 11 is 0. The van der Waals surface area contributed by atoms with E-state index < -0.39 is 6.10 Å². The topological polar surface area (TPSA) is 70.6 Å². The van der Waals surface area contributed by atoms with E-state index in [2.05, 4.69) is 24.5 Å². The Morgan fingerprint density at radius 2 is 2.17 bits per heavy atom. The van der Waals surface area contributed by atoms with Crippen molar-refractivity contribution in [2.75, 3.05) is 26.3 Å². The normalized spacial score (nSPS) is 25.4. The lowest BCUT2D eigenvalue weighted by Crippen LogP contribution is -2.45. The van der Waals surface area contributed by atoms with Crippen molar-refractivity contribution < 1.29 is 14.6 Å². The number of aliphatic hydroxyl groups is 1. The van der Waals surface area contributed by atoms with Gasteiger partial charge in [-0.15, -0.1) is 0 Å². The number of nitrogens with one attached hydrogen (secondary N) is 2. The van der Waals surface area contributed by atoms with Crippen molar-refractivity contribution in [1.82, 2.24) is 10.6 Å². The molecule has 5 heteroatoms. The highest BCUT2D eigenvalue weighted by Crippen LogP contribution is 2.14. The quantitative estimate of drug-likeness (QED) is 0.607. The average molecular weight is 258 g/mol. The number of hydrogen-bond donors (Lipinski definition) is 3. The molecular weight excluding hydrogens is 232 g/mol. The molecule has 1 heterocycles. The summed E-state index contributed by atoms with van der Waals surface area (Å²) in [6.45, 7) is 8.32. The van der Waals surface area contributed by atoms with E-state index in [-0.39, 0.29) is 17.9 Å². The van der Waals surface area contributed by atoms with Crippen LogP contribution in [-0.4, -0.2) is 49.5 Å². The van der Waals surface area contributed by atoms with E-state index in [4.69, 9.17) is 4.74 Å². The Kier molecular flexibility index (Phi) is 6.60. The third kappa shape index (κ3) is 4.92. The van der Waals surface area contributed by atoms with Gasteiger partial charge >= 0.3 is 0 Å². The third-order valence-electron chi connectivity index (χ3n) is 3.14. The Labute approximate surface area is 109 Å². The molecule has 18 heavy (non-hydrogen) atoms. The molecule has 0 aliphatic carbocycles. The van der Waals surface area contributed by atoms with Crippen molar-refractivity contribution in [3.8, 4) is 0 Å². The average Bonchev–Trinajstić information content (AvgIpc) is 2.74. The Morgan fingerprint density at radius 3 is 2.78 bits per heavy atom. The molecule has 0 aromatic heterocycles. The highest BCUT2D eigenvalue weighted by molar-refractivity contribution is 5.79. The van der Waals surface area contributed by atoms with Crippen molar-refractivity contribution in [3.63, 3.8) is 0 Å². The van der Waals surface area contributed by atoms with Crippen LogP contribution in [0.3, 0.4) is 0 Å². The number of carbonyl (C=O) groups is 1. The fourth-order valence-electron chi connectivity index (χ4n) is 2.25. The maximum Gasteiger partial charge on any atom is 0.227 e. The minimum atomic E-state index is -0.464. The second-order valence-electron chi connectivity index (χ2n) is 5.34. The summed E-state index contributed by atoms with van der Waals surface area (Å²) in [4.78, 5) is 12.0. The van der Waals surface area contributed by atoms with Crippen molar-refractivity contribution >= 4 is 5.91 Å². The Balaban J connectivity index is 2.31. The molecule has 1 saturated heterocycles. The van der Waals surface area contributed by atoms with E-state index in [9.17, 15) is 9.90 Å². The van der Waals surface area contributed by atoms with E-state index in [0.29, 0.717) is 32.1 Å². The summed E-state index contributed by atoms with van der Waals surface area (Å²) in [6, 6.07) is 0.0947. The van der Waals surface area contributed by atoms with Crippen molar-refractivity contribution in [2.45, 2.75) is 39.3 Å². The molecule has 0 aromatic rings. The van der Waals surface area contributed by atoms with Gasteiger partial charge in [0, 0.05) is 12.6 Å². The molecule has 3 N–H and O–H groups in total. The van der Waals surface area contributed by atoms with Crippen LogP contribution in [0.5, 0.6) is 0 Å². The Hall–Kier alpha value is -0.650. The second kappa shape index (κ2) is 7.71. The molecule has 0 radical (unpaired) electrons. The van der Waals surface area contributed by atoms with Gasteiger partial charge < -0.3 is 20.5 Å². The van der Waals surface area contributed by atoms with Crippen LogP contribution in [0.2, 0.25) is 0 Å². The summed E-state index contributed by atoms with van der Waals surface area (Å²) in [5, 5.41) is 15.8. The largest absolute Gasteiger partial charge is 0.391 e.